The number of piperazine rings is 1. The lowest BCUT2D eigenvalue weighted by Gasteiger charge is -2.42. The smallest absolute Gasteiger partial charge is 0.145 e. The topological polar surface area (TPSA) is 56.3 Å². The van der Waals surface area contributed by atoms with E-state index in [4.69, 9.17) is 9.97 Å². The van der Waals surface area contributed by atoms with Crippen molar-refractivity contribution < 1.29 is 0 Å². The van der Waals surface area contributed by atoms with E-state index in [1.807, 2.05) is 7.05 Å². The van der Waals surface area contributed by atoms with Gasteiger partial charge in [0.1, 0.15) is 11.6 Å². The van der Waals surface area contributed by atoms with Crippen molar-refractivity contribution in [1.29, 1.82) is 0 Å². The maximum absolute atomic E-state index is 4.94. The van der Waals surface area contributed by atoms with Gasteiger partial charge in [0, 0.05) is 44.2 Å². The van der Waals surface area contributed by atoms with Crippen LogP contribution in [0.1, 0.15) is 49.4 Å². The first-order chi connectivity index (χ1) is 17.3. The number of hydrogen-bond donors (Lipinski definition) is 2. The maximum Gasteiger partial charge on any atom is 0.145 e. The van der Waals surface area contributed by atoms with Gasteiger partial charge in [-0.05, 0) is 69.3 Å². The Kier molecular flexibility index (Phi) is 8.24. The van der Waals surface area contributed by atoms with Crippen LogP contribution in [0.5, 0.6) is 0 Å². The molecule has 1 aliphatic heterocycles. The quantitative estimate of drug-likeness (QED) is 0.448. The van der Waals surface area contributed by atoms with Gasteiger partial charge in [0.25, 0.3) is 0 Å². The largest absolute Gasteiger partial charge is 0.369 e. The van der Waals surface area contributed by atoms with Crippen LogP contribution in [0.3, 0.4) is 0 Å². The summed E-state index contributed by atoms with van der Waals surface area (Å²) < 4.78 is 0. The van der Waals surface area contributed by atoms with E-state index in [9.17, 15) is 0 Å². The maximum atomic E-state index is 4.94. The molecule has 186 valence electrons. The molecule has 0 bridgehead atoms. The minimum atomic E-state index is 0.750. The fourth-order valence-electron chi connectivity index (χ4n) is 5.79. The van der Waals surface area contributed by atoms with Crippen molar-refractivity contribution in [3.8, 4) is 0 Å². The standard InChI is InChI=1S/C29H40N6/c1-30-16-7-17-31-29-26-10-5-6-11-27(26)32-28(33-29)22-34-18-20-35(21-19-34)25-14-12-24(13-15-25)23-8-3-2-4-9-23/h2-6,8-11,24-25,30H,7,12-22H2,1H3,(H,31,32,33). The van der Waals surface area contributed by atoms with E-state index in [1.54, 1.807) is 0 Å². The Bertz CT molecular complexity index is 1060. The highest BCUT2D eigenvalue weighted by atomic mass is 15.3. The highest BCUT2D eigenvalue weighted by Crippen LogP contribution is 2.35. The predicted octanol–water partition coefficient (Wildman–Crippen LogP) is 4.50. The summed E-state index contributed by atoms with van der Waals surface area (Å²) in [5.74, 6) is 2.65. The second kappa shape index (κ2) is 11.9. The Hall–Kier alpha value is -2.54. The van der Waals surface area contributed by atoms with Crippen LogP contribution in [-0.4, -0.2) is 72.1 Å². The summed E-state index contributed by atoms with van der Waals surface area (Å²) in [4.78, 5) is 15.1. The molecule has 0 atom stereocenters. The summed E-state index contributed by atoms with van der Waals surface area (Å²) in [7, 11) is 1.99. The molecule has 1 saturated heterocycles. The average Bonchev–Trinajstić information content (AvgIpc) is 2.92. The third kappa shape index (κ3) is 6.18. The number of rotatable bonds is 9. The molecule has 6 nitrogen and oxygen atoms in total. The van der Waals surface area contributed by atoms with E-state index in [-0.39, 0.29) is 0 Å². The van der Waals surface area contributed by atoms with Crippen LogP contribution in [-0.2, 0) is 6.54 Å². The number of hydrogen-bond acceptors (Lipinski definition) is 6. The molecule has 0 radical (unpaired) electrons. The fraction of sp³-hybridized carbons (Fsp3) is 0.517. The molecule has 35 heavy (non-hydrogen) atoms. The lowest BCUT2D eigenvalue weighted by molar-refractivity contribution is 0.0716. The monoisotopic (exact) mass is 472 g/mol. The Morgan fingerprint density at radius 2 is 1.57 bits per heavy atom. The van der Waals surface area contributed by atoms with E-state index in [1.165, 1.54) is 31.2 Å². The minimum absolute atomic E-state index is 0.750. The summed E-state index contributed by atoms with van der Waals surface area (Å²) in [6.07, 6.45) is 6.37. The van der Waals surface area contributed by atoms with Crippen molar-refractivity contribution in [2.45, 2.75) is 50.6 Å². The van der Waals surface area contributed by atoms with Gasteiger partial charge >= 0.3 is 0 Å². The van der Waals surface area contributed by atoms with Crippen molar-refractivity contribution in [1.82, 2.24) is 25.1 Å². The van der Waals surface area contributed by atoms with Crippen molar-refractivity contribution in [2.24, 2.45) is 0 Å². The van der Waals surface area contributed by atoms with E-state index in [0.717, 1.165) is 86.7 Å². The molecule has 2 fully saturated rings. The minimum Gasteiger partial charge on any atom is -0.369 e. The summed E-state index contributed by atoms with van der Waals surface area (Å²) in [6, 6.07) is 20.2. The molecule has 1 aliphatic carbocycles. The van der Waals surface area contributed by atoms with Gasteiger partial charge in [0.2, 0.25) is 0 Å². The second-order valence-corrected chi connectivity index (χ2v) is 10.1. The molecule has 6 heteroatoms. The fourth-order valence-corrected chi connectivity index (χ4v) is 5.79. The molecule has 0 spiro atoms. The molecule has 2 heterocycles. The first kappa shape index (κ1) is 24.2. The van der Waals surface area contributed by atoms with E-state index in [0.29, 0.717) is 0 Å². The first-order valence-electron chi connectivity index (χ1n) is 13.5. The number of nitrogens with zero attached hydrogens (tertiary/aromatic N) is 4. The van der Waals surface area contributed by atoms with Crippen LogP contribution >= 0.6 is 0 Å². The highest BCUT2D eigenvalue weighted by molar-refractivity contribution is 5.88. The molecular weight excluding hydrogens is 432 g/mol. The van der Waals surface area contributed by atoms with Gasteiger partial charge in [0.05, 0.1) is 12.1 Å². The Balaban J connectivity index is 1.14. The molecule has 2 N–H and O–H groups in total. The van der Waals surface area contributed by atoms with Crippen molar-refractivity contribution in [2.75, 3.05) is 51.6 Å². The van der Waals surface area contributed by atoms with Crippen LogP contribution in [0.2, 0.25) is 0 Å². The molecule has 0 unspecified atom stereocenters. The summed E-state index contributed by atoms with van der Waals surface area (Å²) in [5, 5.41) is 7.87. The molecule has 0 amide bonds. The molecule has 5 rings (SSSR count). The SMILES string of the molecule is CNCCCNc1nc(CN2CCN(C3CCC(c4ccccc4)CC3)CC2)nc2ccccc12. The normalized spacial score (nSPS) is 21.9. The number of fused-ring (bicyclic) bond motifs is 1. The summed E-state index contributed by atoms with van der Waals surface area (Å²) in [6.45, 7) is 7.24. The van der Waals surface area contributed by atoms with Gasteiger partial charge in [-0.25, -0.2) is 9.97 Å². The third-order valence-corrected chi connectivity index (χ3v) is 7.80. The zero-order chi connectivity index (χ0) is 23.9. The molecule has 2 aromatic carbocycles. The number of aromatic nitrogens is 2. The zero-order valence-electron chi connectivity index (χ0n) is 21.1. The number of benzene rings is 2. The van der Waals surface area contributed by atoms with Gasteiger partial charge in [0.15, 0.2) is 0 Å². The summed E-state index contributed by atoms with van der Waals surface area (Å²) >= 11 is 0. The van der Waals surface area contributed by atoms with Gasteiger partial charge in [-0.1, -0.05) is 42.5 Å². The molecular formula is C29H40N6. The zero-order valence-corrected chi connectivity index (χ0v) is 21.1. The van der Waals surface area contributed by atoms with Crippen molar-refractivity contribution in [3.63, 3.8) is 0 Å². The van der Waals surface area contributed by atoms with Crippen molar-refractivity contribution in [3.05, 3.63) is 66.0 Å². The van der Waals surface area contributed by atoms with Crippen LogP contribution < -0.4 is 10.6 Å². The lowest BCUT2D eigenvalue weighted by Crippen LogP contribution is -2.50. The van der Waals surface area contributed by atoms with E-state index in [2.05, 4.69) is 75.0 Å². The van der Waals surface area contributed by atoms with Crippen LogP contribution in [0, 0.1) is 0 Å². The second-order valence-electron chi connectivity index (χ2n) is 10.1. The lowest BCUT2D eigenvalue weighted by atomic mass is 9.81. The van der Waals surface area contributed by atoms with Gasteiger partial charge in [-0.15, -0.1) is 0 Å². The molecule has 3 aromatic rings. The number of nitrogens with one attached hydrogen (secondary N) is 2. The van der Waals surface area contributed by atoms with Crippen LogP contribution in [0.15, 0.2) is 54.6 Å². The van der Waals surface area contributed by atoms with Crippen LogP contribution in [0.4, 0.5) is 5.82 Å². The van der Waals surface area contributed by atoms with Gasteiger partial charge in [-0.3, -0.25) is 9.80 Å². The number of anilines is 1. The van der Waals surface area contributed by atoms with Gasteiger partial charge in [-0.2, -0.15) is 0 Å². The Morgan fingerprint density at radius 1 is 0.829 bits per heavy atom. The third-order valence-electron chi connectivity index (χ3n) is 7.80. The Morgan fingerprint density at radius 3 is 2.34 bits per heavy atom. The first-order valence-corrected chi connectivity index (χ1v) is 13.5. The number of para-hydroxylation sites is 1. The molecule has 1 saturated carbocycles. The Labute approximate surface area is 210 Å². The van der Waals surface area contributed by atoms with Crippen molar-refractivity contribution >= 4 is 16.7 Å². The predicted molar refractivity (Wildman–Crippen MR) is 145 cm³/mol. The summed E-state index contributed by atoms with van der Waals surface area (Å²) in [5.41, 5.74) is 2.56. The average molecular weight is 473 g/mol. The molecule has 1 aromatic heterocycles. The van der Waals surface area contributed by atoms with Crippen LogP contribution in [0.25, 0.3) is 10.9 Å². The van der Waals surface area contributed by atoms with Gasteiger partial charge < -0.3 is 10.6 Å². The molecule has 2 aliphatic rings. The van der Waals surface area contributed by atoms with E-state index < -0.39 is 0 Å². The highest BCUT2D eigenvalue weighted by Gasteiger charge is 2.29. The van der Waals surface area contributed by atoms with E-state index >= 15 is 0 Å².